The molecule has 0 unspecified atom stereocenters. The lowest BCUT2D eigenvalue weighted by molar-refractivity contribution is -0.303. The first-order valence-corrected chi connectivity index (χ1v) is 7.13. The van der Waals surface area contributed by atoms with E-state index in [0.29, 0.717) is 6.42 Å². The molecule has 1 aliphatic rings. The number of amides is 1. The summed E-state index contributed by atoms with van der Waals surface area (Å²) in [5.41, 5.74) is -3.23. The maximum absolute atomic E-state index is 13.2. The summed E-state index contributed by atoms with van der Waals surface area (Å²) in [6.07, 6.45) is -6.98. The van der Waals surface area contributed by atoms with Crippen molar-refractivity contribution in [2.24, 2.45) is 5.10 Å². The van der Waals surface area contributed by atoms with Gasteiger partial charge in [-0.3, -0.25) is 4.79 Å². The Morgan fingerprint density at radius 2 is 2.00 bits per heavy atom. The van der Waals surface area contributed by atoms with Gasteiger partial charge >= 0.3 is 6.18 Å². The minimum absolute atomic E-state index is 0.0321. The molecule has 0 saturated heterocycles. The van der Waals surface area contributed by atoms with Gasteiger partial charge in [0.1, 0.15) is 0 Å². The van der Waals surface area contributed by atoms with Crippen LogP contribution in [0.3, 0.4) is 0 Å². The van der Waals surface area contributed by atoms with E-state index in [0.717, 1.165) is 0 Å². The number of aliphatic hydroxyl groups excluding tert-OH is 1. The molecule has 5 nitrogen and oxygen atoms in total. The average Bonchev–Trinajstić information content (AvgIpc) is 2.85. The van der Waals surface area contributed by atoms with Crippen molar-refractivity contribution >= 4 is 11.6 Å². The molecule has 2 atom stereocenters. The Morgan fingerprint density at radius 3 is 2.52 bits per heavy atom. The van der Waals surface area contributed by atoms with Crippen molar-refractivity contribution in [1.29, 1.82) is 0 Å². The van der Waals surface area contributed by atoms with Crippen LogP contribution in [0.15, 0.2) is 35.4 Å². The fourth-order valence-electron chi connectivity index (χ4n) is 2.39. The van der Waals surface area contributed by atoms with E-state index in [4.69, 9.17) is 0 Å². The molecule has 1 amide bonds. The van der Waals surface area contributed by atoms with Crippen molar-refractivity contribution in [1.82, 2.24) is 5.01 Å². The fraction of sp³-hybridized carbons (Fsp3) is 0.467. The number of nitrogens with zero attached hydrogens (tertiary/aromatic N) is 2. The molecule has 2 N–H and O–H groups in total. The van der Waals surface area contributed by atoms with Crippen molar-refractivity contribution in [2.75, 3.05) is 0 Å². The molecule has 0 aliphatic carbocycles. The highest BCUT2D eigenvalue weighted by Gasteiger charge is 2.63. The Morgan fingerprint density at radius 1 is 1.39 bits per heavy atom. The lowest BCUT2D eigenvalue weighted by Crippen LogP contribution is -2.57. The molecule has 0 aromatic heterocycles. The Bertz CT molecular complexity index is 604. The summed E-state index contributed by atoms with van der Waals surface area (Å²) in [4.78, 5) is 12.3. The van der Waals surface area contributed by atoms with Gasteiger partial charge in [0.25, 0.3) is 11.6 Å². The van der Waals surface area contributed by atoms with E-state index in [1.54, 1.807) is 13.0 Å². The second kappa shape index (κ2) is 6.29. The van der Waals surface area contributed by atoms with E-state index < -0.39 is 30.3 Å². The molecular formula is C15H17F3N2O3. The molecule has 126 valence electrons. The first kappa shape index (κ1) is 17.4. The maximum atomic E-state index is 13.2. The van der Waals surface area contributed by atoms with Crippen molar-refractivity contribution in [3.05, 3.63) is 35.9 Å². The van der Waals surface area contributed by atoms with Gasteiger partial charge in [-0.05, 0) is 12.0 Å². The van der Waals surface area contributed by atoms with Crippen LogP contribution in [-0.2, 0) is 4.79 Å². The highest BCUT2D eigenvalue weighted by Crippen LogP contribution is 2.42. The van der Waals surface area contributed by atoms with Gasteiger partial charge in [-0.15, -0.1) is 0 Å². The summed E-state index contributed by atoms with van der Waals surface area (Å²) in [6.45, 7) is 1.75. The number of aliphatic hydroxyl groups is 2. The van der Waals surface area contributed by atoms with Crippen LogP contribution < -0.4 is 0 Å². The number of carbonyl (C=O) groups excluding carboxylic acids is 1. The molecule has 1 aliphatic heterocycles. The van der Waals surface area contributed by atoms with Crippen molar-refractivity contribution in [3.8, 4) is 0 Å². The minimum atomic E-state index is -5.09. The smallest absolute Gasteiger partial charge is 0.378 e. The predicted molar refractivity (Wildman–Crippen MR) is 76.2 cm³/mol. The van der Waals surface area contributed by atoms with Gasteiger partial charge in [0, 0.05) is 12.1 Å². The zero-order chi connectivity index (χ0) is 17.3. The topological polar surface area (TPSA) is 73.1 Å². The van der Waals surface area contributed by atoms with Crippen LogP contribution in [0.4, 0.5) is 13.2 Å². The summed E-state index contributed by atoms with van der Waals surface area (Å²) in [6, 6.07) is 7.53. The number of halogens is 3. The van der Waals surface area contributed by atoms with Crippen LogP contribution in [0.1, 0.15) is 37.9 Å². The lowest BCUT2D eigenvalue weighted by atomic mass is 10.0. The second-order valence-corrected chi connectivity index (χ2v) is 5.37. The average molecular weight is 330 g/mol. The zero-order valence-corrected chi connectivity index (χ0v) is 12.4. The molecule has 0 radical (unpaired) electrons. The third kappa shape index (κ3) is 3.23. The van der Waals surface area contributed by atoms with Gasteiger partial charge in [0.05, 0.1) is 0 Å². The highest BCUT2D eigenvalue weighted by molar-refractivity contribution is 5.92. The molecule has 0 spiro atoms. The summed E-state index contributed by atoms with van der Waals surface area (Å²) < 4.78 is 39.7. The third-order valence-electron chi connectivity index (χ3n) is 3.59. The van der Waals surface area contributed by atoms with Gasteiger partial charge in [-0.1, -0.05) is 43.7 Å². The Balaban J connectivity index is 2.34. The van der Waals surface area contributed by atoms with Crippen LogP contribution in [0.5, 0.6) is 0 Å². The number of hydrazone groups is 1. The largest absolute Gasteiger partial charge is 0.438 e. The third-order valence-corrected chi connectivity index (χ3v) is 3.59. The van der Waals surface area contributed by atoms with Crippen LogP contribution in [0, 0.1) is 0 Å². The van der Waals surface area contributed by atoms with E-state index in [1.807, 2.05) is 0 Å². The monoisotopic (exact) mass is 330 g/mol. The molecule has 2 rings (SSSR count). The number of hydrogen-bond acceptors (Lipinski definition) is 4. The first-order chi connectivity index (χ1) is 10.7. The van der Waals surface area contributed by atoms with Gasteiger partial charge < -0.3 is 10.2 Å². The number of carbonyl (C=O) groups is 1. The van der Waals surface area contributed by atoms with Crippen LogP contribution in [0.25, 0.3) is 0 Å². The number of rotatable bonds is 4. The molecule has 23 heavy (non-hydrogen) atoms. The normalized spacial score (nSPS) is 22.9. The SMILES string of the molecule is CCCC1=NN(C(=O)[C@H](O)c2ccccc2)[C@@](O)(C(F)(F)F)C1. The molecule has 1 aromatic rings. The van der Waals surface area contributed by atoms with Gasteiger partial charge in [-0.2, -0.15) is 23.3 Å². The van der Waals surface area contributed by atoms with Crippen molar-refractivity contribution in [2.45, 2.75) is 44.2 Å². The van der Waals surface area contributed by atoms with Crippen LogP contribution in [0.2, 0.25) is 0 Å². The summed E-state index contributed by atoms with van der Waals surface area (Å²) >= 11 is 0. The van der Waals surface area contributed by atoms with E-state index in [2.05, 4.69) is 5.10 Å². The molecular weight excluding hydrogens is 313 g/mol. The van der Waals surface area contributed by atoms with Crippen molar-refractivity contribution in [3.63, 3.8) is 0 Å². The fourth-order valence-corrected chi connectivity index (χ4v) is 2.39. The Labute approximate surface area is 131 Å². The molecule has 1 heterocycles. The van der Waals surface area contributed by atoms with Gasteiger partial charge in [-0.25, -0.2) is 0 Å². The van der Waals surface area contributed by atoms with E-state index >= 15 is 0 Å². The lowest BCUT2D eigenvalue weighted by Gasteiger charge is -2.33. The Kier molecular flexibility index (Phi) is 4.76. The molecule has 0 fully saturated rings. The van der Waals surface area contributed by atoms with Crippen LogP contribution in [-0.4, -0.2) is 38.7 Å². The molecule has 8 heteroatoms. The van der Waals surface area contributed by atoms with E-state index in [-0.39, 0.29) is 22.7 Å². The second-order valence-electron chi connectivity index (χ2n) is 5.37. The number of alkyl halides is 3. The van der Waals surface area contributed by atoms with Crippen molar-refractivity contribution < 1.29 is 28.2 Å². The zero-order valence-electron chi connectivity index (χ0n) is 12.4. The van der Waals surface area contributed by atoms with E-state index in [1.165, 1.54) is 24.3 Å². The summed E-state index contributed by atoms with van der Waals surface area (Å²) in [5, 5.41) is 23.6. The minimum Gasteiger partial charge on any atom is -0.378 e. The molecule has 0 bridgehead atoms. The van der Waals surface area contributed by atoms with E-state index in [9.17, 15) is 28.2 Å². The molecule has 0 saturated carbocycles. The van der Waals surface area contributed by atoms with Crippen LogP contribution >= 0.6 is 0 Å². The number of hydrogen-bond donors (Lipinski definition) is 2. The first-order valence-electron chi connectivity index (χ1n) is 7.13. The van der Waals surface area contributed by atoms with Gasteiger partial charge in [0.15, 0.2) is 6.10 Å². The maximum Gasteiger partial charge on any atom is 0.438 e. The Hall–Kier alpha value is -1.93. The molecule has 1 aromatic carbocycles. The number of benzene rings is 1. The standard InChI is InChI=1S/C15H17F3N2O3/c1-2-6-11-9-14(23,15(16,17)18)20(19-11)13(22)12(21)10-7-4-3-5-8-10/h3-5,7-8,12,21,23H,2,6,9H2,1H3/t12-,14+/m1/s1. The summed E-state index contributed by atoms with van der Waals surface area (Å²) in [7, 11) is 0. The van der Waals surface area contributed by atoms with Gasteiger partial charge in [0.2, 0.25) is 0 Å². The highest BCUT2D eigenvalue weighted by atomic mass is 19.4. The quantitative estimate of drug-likeness (QED) is 0.890. The predicted octanol–water partition coefficient (Wildman–Crippen LogP) is 2.36. The summed E-state index contributed by atoms with van der Waals surface area (Å²) in [5.74, 6) is -1.32.